The van der Waals surface area contributed by atoms with Crippen LogP contribution in [-0.2, 0) is 12.8 Å². The van der Waals surface area contributed by atoms with Crippen molar-refractivity contribution in [3.05, 3.63) is 70.0 Å². The molecule has 2 aromatic carbocycles. The number of hydrogen-bond acceptors (Lipinski definition) is 6. The van der Waals surface area contributed by atoms with E-state index in [2.05, 4.69) is 110 Å². The number of benzene rings is 2. The Bertz CT molecular complexity index is 1340. The van der Waals surface area contributed by atoms with Gasteiger partial charge in [0.05, 0.1) is 0 Å². The molecular formula is C46H70N6. The van der Waals surface area contributed by atoms with E-state index >= 15 is 0 Å². The van der Waals surface area contributed by atoms with Crippen LogP contribution in [0.1, 0.15) is 167 Å². The predicted molar refractivity (Wildman–Crippen MR) is 226 cm³/mol. The minimum atomic E-state index is 0.0361. The average Bonchev–Trinajstić information content (AvgIpc) is 3.17. The lowest BCUT2D eigenvalue weighted by Crippen LogP contribution is -2.22. The van der Waals surface area contributed by atoms with Crippen molar-refractivity contribution in [1.82, 2.24) is 0 Å². The maximum Gasteiger partial charge on any atom is 0.176 e. The van der Waals surface area contributed by atoms with Crippen molar-refractivity contribution in [2.45, 2.75) is 157 Å². The first-order valence-electron chi connectivity index (χ1n) is 20.9. The first-order valence-corrected chi connectivity index (χ1v) is 20.9. The van der Waals surface area contributed by atoms with Crippen molar-refractivity contribution < 1.29 is 0 Å². The number of unbranched alkanes of at least 4 members (excludes halogenated alkanes) is 14. The molecule has 0 saturated carbocycles. The zero-order valence-corrected chi connectivity index (χ0v) is 33.9. The van der Waals surface area contributed by atoms with Gasteiger partial charge in [0.25, 0.3) is 0 Å². The van der Waals surface area contributed by atoms with Crippen LogP contribution in [0.4, 0.5) is 11.4 Å². The van der Waals surface area contributed by atoms with Gasteiger partial charge in [0.2, 0.25) is 0 Å². The highest BCUT2D eigenvalue weighted by Crippen LogP contribution is 2.24. The lowest BCUT2D eigenvalue weighted by atomic mass is 9.99. The maximum atomic E-state index is 10.1. The summed E-state index contributed by atoms with van der Waals surface area (Å²) >= 11 is 0. The van der Waals surface area contributed by atoms with E-state index in [1.165, 1.54) is 112 Å². The van der Waals surface area contributed by atoms with E-state index in [4.69, 9.17) is 0 Å². The second-order valence-corrected chi connectivity index (χ2v) is 14.0. The molecular weight excluding hydrogens is 637 g/mol. The minimum absolute atomic E-state index is 0.0361. The highest BCUT2D eigenvalue weighted by Gasteiger charge is 2.11. The van der Waals surface area contributed by atoms with Gasteiger partial charge >= 0.3 is 0 Å². The van der Waals surface area contributed by atoms with Gasteiger partial charge in [-0.2, -0.15) is 10.5 Å². The van der Waals surface area contributed by atoms with Gasteiger partial charge in [-0.15, -0.1) is 0 Å². The lowest BCUT2D eigenvalue weighted by molar-refractivity contribution is 0.575. The predicted octanol–water partition coefficient (Wildman–Crippen LogP) is 12.5. The van der Waals surface area contributed by atoms with Crippen LogP contribution in [0, 0.1) is 22.7 Å². The average molecular weight is 707 g/mol. The summed E-state index contributed by atoms with van der Waals surface area (Å²) in [5, 5.41) is 20.2. The van der Waals surface area contributed by atoms with Crippen LogP contribution in [0.3, 0.4) is 0 Å². The van der Waals surface area contributed by atoms with Crippen LogP contribution in [0.25, 0.3) is 0 Å². The van der Waals surface area contributed by atoms with Gasteiger partial charge in [-0.1, -0.05) is 116 Å². The molecule has 2 rings (SSSR count). The summed E-state index contributed by atoms with van der Waals surface area (Å²) < 4.78 is 0. The Morgan fingerprint density at radius 3 is 1.13 bits per heavy atom. The number of hydrogen-bond donors (Lipinski definition) is 0. The van der Waals surface area contributed by atoms with Crippen LogP contribution in [0.5, 0.6) is 0 Å². The van der Waals surface area contributed by atoms with Crippen molar-refractivity contribution in [2.75, 3.05) is 36.0 Å². The molecule has 0 radical (unpaired) electrons. The molecule has 0 aliphatic heterocycles. The molecule has 6 heteroatoms. The zero-order chi connectivity index (χ0) is 37.8. The molecule has 0 unspecified atom stereocenters. The van der Waals surface area contributed by atoms with Crippen molar-refractivity contribution in [1.29, 1.82) is 10.5 Å². The number of aryl methyl sites for hydroxylation is 2. The molecule has 0 N–H and O–H groups in total. The van der Waals surface area contributed by atoms with Crippen molar-refractivity contribution in [3.63, 3.8) is 0 Å². The van der Waals surface area contributed by atoms with Gasteiger partial charge in [0.1, 0.15) is 12.1 Å². The molecule has 0 fully saturated rings. The van der Waals surface area contributed by atoms with E-state index in [9.17, 15) is 10.5 Å². The summed E-state index contributed by atoms with van der Waals surface area (Å²) in [6.45, 7) is 17.1. The Labute approximate surface area is 318 Å². The van der Waals surface area contributed by atoms with Crippen molar-refractivity contribution in [2.24, 2.45) is 9.98 Å². The Hall–Kier alpha value is -3.90. The van der Waals surface area contributed by atoms with E-state index < -0.39 is 0 Å². The third kappa shape index (κ3) is 16.2. The van der Waals surface area contributed by atoms with E-state index in [0.717, 1.165) is 63.0 Å². The van der Waals surface area contributed by atoms with Crippen LogP contribution < -0.4 is 9.80 Å². The lowest BCUT2D eigenvalue weighted by Gasteiger charge is -2.22. The number of rotatable bonds is 28. The number of allylic oxidation sites excluding steroid dienone is 2. The Morgan fingerprint density at radius 2 is 0.827 bits per heavy atom. The van der Waals surface area contributed by atoms with Crippen molar-refractivity contribution in [3.8, 4) is 12.1 Å². The van der Waals surface area contributed by atoms with Gasteiger partial charge in [-0.25, -0.2) is 9.98 Å². The van der Waals surface area contributed by atoms with Crippen LogP contribution >= 0.6 is 0 Å². The molecule has 6 nitrogen and oxygen atoms in total. The van der Waals surface area contributed by atoms with E-state index in [0.29, 0.717) is 0 Å². The van der Waals surface area contributed by atoms with Crippen molar-refractivity contribution >= 4 is 23.8 Å². The normalized spacial score (nSPS) is 11.9. The Balaban J connectivity index is 2.30. The summed E-state index contributed by atoms with van der Waals surface area (Å²) in [7, 11) is 0. The standard InChI is InChI=1S/C46H70N6/c1-7-13-15-17-19-21-23-25-27-39-33-43(51(9-3)10-4)31-29-41(39)37-49-45(35-47)46(36-48)50-38-42-30-32-44(52(11-5)12-6)34-40(42)28-26-24-22-20-18-16-14-8-2/h29-34,37-38H,7-28H2,1-6H3/b46-45+,49-37?,50-38?. The fourth-order valence-electron chi connectivity index (χ4n) is 6.89. The summed E-state index contributed by atoms with van der Waals surface area (Å²) in [4.78, 5) is 13.9. The first kappa shape index (κ1) is 44.3. The molecule has 0 saturated heterocycles. The molecule has 284 valence electrons. The molecule has 0 aliphatic carbocycles. The third-order valence-corrected chi connectivity index (χ3v) is 10.2. The monoisotopic (exact) mass is 707 g/mol. The largest absolute Gasteiger partial charge is 0.372 e. The highest BCUT2D eigenvalue weighted by atomic mass is 15.1. The number of aliphatic imine (C=N–C) groups is 2. The summed E-state index contributed by atoms with van der Waals surface area (Å²) in [6.07, 6.45) is 25.9. The molecule has 0 aliphatic rings. The molecule has 0 amide bonds. The first-order chi connectivity index (χ1) is 25.5. The quantitative estimate of drug-likeness (QED) is 0.0501. The SMILES string of the molecule is CCCCCCCCCCc1cc(N(CC)CC)ccc1C=N/C(C#N)=C(\C#N)N=Cc1ccc(N(CC)CC)cc1CCCCCCCCCC. The number of anilines is 2. The van der Waals surface area contributed by atoms with Gasteiger partial charge in [0.15, 0.2) is 11.4 Å². The minimum Gasteiger partial charge on any atom is -0.372 e. The van der Waals surface area contributed by atoms with Crippen LogP contribution in [0.15, 0.2) is 57.8 Å². The van der Waals surface area contributed by atoms with Crippen LogP contribution in [-0.4, -0.2) is 38.6 Å². The maximum absolute atomic E-state index is 10.1. The van der Waals surface area contributed by atoms with Crippen LogP contribution in [0.2, 0.25) is 0 Å². The number of nitrogens with zero attached hydrogens (tertiary/aromatic N) is 6. The van der Waals surface area contributed by atoms with E-state index in [1.807, 2.05) is 0 Å². The second-order valence-electron chi connectivity index (χ2n) is 14.0. The van der Waals surface area contributed by atoms with Gasteiger partial charge in [0, 0.05) is 50.0 Å². The van der Waals surface area contributed by atoms with Gasteiger partial charge in [-0.3, -0.25) is 0 Å². The molecule has 2 aromatic rings. The van der Waals surface area contributed by atoms with Gasteiger partial charge in [-0.05, 0) is 99.9 Å². The molecule has 0 aromatic heterocycles. The summed E-state index contributed by atoms with van der Waals surface area (Å²) in [6, 6.07) is 17.4. The Morgan fingerprint density at radius 1 is 0.500 bits per heavy atom. The topological polar surface area (TPSA) is 78.8 Å². The molecule has 0 bridgehead atoms. The van der Waals surface area contributed by atoms with E-state index in [1.54, 1.807) is 12.4 Å². The smallest absolute Gasteiger partial charge is 0.176 e. The third-order valence-electron chi connectivity index (χ3n) is 10.2. The molecule has 0 spiro atoms. The Kier molecular flexibility index (Phi) is 23.6. The molecule has 0 heterocycles. The zero-order valence-electron chi connectivity index (χ0n) is 33.9. The van der Waals surface area contributed by atoms with Gasteiger partial charge < -0.3 is 9.80 Å². The summed E-state index contributed by atoms with van der Waals surface area (Å²) in [5.74, 6) is 0. The molecule has 0 atom stereocenters. The fraction of sp³-hybridized carbons (Fsp3) is 0.609. The summed E-state index contributed by atoms with van der Waals surface area (Å²) in [5.41, 5.74) is 6.95. The number of nitriles is 2. The fourth-order valence-corrected chi connectivity index (χ4v) is 6.89. The second kappa shape index (κ2) is 27.7. The molecule has 52 heavy (non-hydrogen) atoms. The van der Waals surface area contributed by atoms with E-state index in [-0.39, 0.29) is 11.4 Å². The highest BCUT2D eigenvalue weighted by molar-refractivity contribution is 5.85.